The quantitative estimate of drug-likeness (QED) is 0.171. The molecule has 0 radical (unpaired) electrons. The Labute approximate surface area is 336 Å². The van der Waals surface area contributed by atoms with Gasteiger partial charge in [-0.2, -0.15) is 0 Å². The van der Waals surface area contributed by atoms with Gasteiger partial charge in [-0.3, -0.25) is 0 Å². The Hall–Kier alpha value is -6.12. The van der Waals surface area contributed by atoms with Gasteiger partial charge in [0.1, 0.15) is 0 Å². The first kappa shape index (κ1) is 34.2. The van der Waals surface area contributed by atoms with Gasteiger partial charge in [0.15, 0.2) is 0 Å². The maximum atomic E-state index is 2.58. The second-order valence-corrected chi connectivity index (χ2v) is 17.3. The average Bonchev–Trinajstić information content (AvgIpc) is 3.68. The maximum Gasteiger partial charge on any atom is 0.0543 e. The molecule has 11 rings (SSSR count). The fourth-order valence-corrected chi connectivity index (χ4v) is 10.3. The third-order valence-electron chi connectivity index (χ3n) is 13.3. The highest BCUT2D eigenvalue weighted by atomic mass is 15.2. The summed E-state index contributed by atoms with van der Waals surface area (Å²) in [5.41, 5.74) is 21.0. The highest BCUT2D eigenvalue weighted by Crippen LogP contribution is 2.55. The van der Waals surface area contributed by atoms with Crippen LogP contribution < -0.4 is 4.90 Å². The number of allylic oxidation sites excluding steroid dienone is 6. The second-order valence-electron chi connectivity index (χ2n) is 17.3. The molecule has 0 N–H and O–H groups in total. The molecule has 57 heavy (non-hydrogen) atoms. The average molecular weight is 737 g/mol. The van der Waals surface area contributed by atoms with E-state index in [2.05, 4.69) is 189 Å². The van der Waals surface area contributed by atoms with E-state index in [1.165, 1.54) is 106 Å². The molecule has 0 bridgehead atoms. The molecule has 0 saturated heterocycles. The number of benzene rings is 6. The first-order valence-corrected chi connectivity index (χ1v) is 20.9. The molecule has 7 aromatic rings. The van der Waals surface area contributed by atoms with E-state index in [4.69, 9.17) is 0 Å². The van der Waals surface area contributed by atoms with Crippen molar-refractivity contribution in [2.24, 2.45) is 5.92 Å². The minimum absolute atomic E-state index is 0.225. The Morgan fingerprint density at radius 3 is 2.33 bits per heavy atom. The van der Waals surface area contributed by atoms with Gasteiger partial charge in [0, 0.05) is 44.5 Å². The molecule has 0 saturated carbocycles. The van der Waals surface area contributed by atoms with Gasteiger partial charge in [0.25, 0.3) is 0 Å². The monoisotopic (exact) mass is 736 g/mol. The van der Waals surface area contributed by atoms with Crippen LogP contribution in [0.15, 0.2) is 146 Å². The van der Waals surface area contributed by atoms with Crippen molar-refractivity contribution in [2.75, 3.05) is 4.90 Å². The molecule has 1 aromatic heterocycles. The fourth-order valence-electron chi connectivity index (χ4n) is 10.3. The molecule has 278 valence electrons. The van der Waals surface area contributed by atoms with Crippen LogP contribution in [-0.2, 0) is 18.3 Å². The van der Waals surface area contributed by atoms with Crippen molar-refractivity contribution in [2.45, 2.75) is 65.2 Å². The number of aromatic nitrogens is 1. The topological polar surface area (TPSA) is 8.17 Å². The van der Waals surface area contributed by atoms with Crippen LogP contribution in [0.3, 0.4) is 0 Å². The smallest absolute Gasteiger partial charge is 0.0543 e. The Balaban J connectivity index is 1.11. The van der Waals surface area contributed by atoms with Gasteiger partial charge in [0.2, 0.25) is 0 Å². The molecular formula is C55H48N2. The number of fused-ring (bicyclic) bond motifs is 9. The van der Waals surface area contributed by atoms with Gasteiger partial charge < -0.3 is 9.47 Å². The van der Waals surface area contributed by atoms with Crippen LogP contribution in [0.2, 0.25) is 0 Å². The number of rotatable bonds is 5. The molecule has 4 aliphatic carbocycles. The highest BCUT2D eigenvalue weighted by Gasteiger charge is 2.39. The summed E-state index contributed by atoms with van der Waals surface area (Å²) in [5.74, 6) is 0.505. The largest absolute Gasteiger partial charge is 0.310 e. The molecule has 2 heteroatoms. The third kappa shape index (κ3) is 5.30. The Bertz CT molecular complexity index is 2920. The van der Waals surface area contributed by atoms with Gasteiger partial charge in [-0.15, -0.1) is 0 Å². The molecule has 2 nitrogen and oxygen atoms in total. The van der Waals surface area contributed by atoms with E-state index < -0.39 is 0 Å². The first-order valence-electron chi connectivity index (χ1n) is 20.9. The predicted molar refractivity (Wildman–Crippen MR) is 243 cm³/mol. The molecule has 0 amide bonds. The molecule has 6 aromatic carbocycles. The maximum absolute atomic E-state index is 2.58. The van der Waals surface area contributed by atoms with Gasteiger partial charge >= 0.3 is 0 Å². The zero-order chi connectivity index (χ0) is 38.4. The van der Waals surface area contributed by atoms with Crippen LogP contribution in [0.5, 0.6) is 0 Å². The zero-order valence-electron chi connectivity index (χ0n) is 33.4. The van der Waals surface area contributed by atoms with E-state index in [0.29, 0.717) is 5.92 Å². The lowest BCUT2D eigenvalue weighted by molar-refractivity contribution is 0.660. The fraction of sp³-hybridized carbons (Fsp3) is 0.200. The first-order chi connectivity index (χ1) is 27.8. The highest BCUT2D eigenvalue weighted by molar-refractivity contribution is 6.08. The minimum Gasteiger partial charge on any atom is -0.310 e. The zero-order valence-corrected chi connectivity index (χ0v) is 33.4. The summed E-state index contributed by atoms with van der Waals surface area (Å²) >= 11 is 0. The molecule has 1 unspecified atom stereocenters. The predicted octanol–water partition coefficient (Wildman–Crippen LogP) is 14.5. The van der Waals surface area contributed by atoms with Crippen molar-refractivity contribution < 1.29 is 0 Å². The lowest BCUT2D eigenvalue weighted by Gasteiger charge is -2.32. The van der Waals surface area contributed by atoms with Gasteiger partial charge in [-0.1, -0.05) is 130 Å². The summed E-state index contributed by atoms with van der Waals surface area (Å²) in [4.78, 5) is 2.50. The van der Waals surface area contributed by atoms with Crippen LogP contribution in [0.25, 0.3) is 55.8 Å². The second kappa shape index (κ2) is 13.0. The molecular weight excluding hydrogens is 689 g/mol. The summed E-state index contributed by atoms with van der Waals surface area (Å²) in [6.45, 7) is 9.40. The van der Waals surface area contributed by atoms with Crippen LogP contribution in [-0.4, -0.2) is 4.57 Å². The normalized spacial score (nSPS) is 17.5. The van der Waals surface area contributed by atoms with Crippen molar-refractivity contribution in [3.05, 3.63) is 190 Å². The summed E-state index contributed by atoms with van der Waals surface area (Å²) in [5, 5.41) is 4.00. The van der Waals surface area contributed by atoms with Crippen LogP contribution in [0.4, 0.5) is 11.4 Å². The van der Waals surface area contributed by atoms with Gasteiger partial charge in [-0.05, 0) is 143 Å². The van der Waals surface area contributed by atoms with Crippen molar-refractivity contribution in [3.63, 3.8) is 0 Å². The van der Waals surface area contributed by atoms with Crippen LogP contribution in [0.1, 0.15) is 84.7 Å². The Kier molecular flexibility index (Phi) is 7.77. The van der Waals surface area contributed by atoms with Crippen molar-refractivity contribution in [1.82, 2.24) is 4.57 Å². The minimum atomic E-state index is -0.225. The molecule has 4 aliphatic rings. The standard InChI is InChI=1S/C55H48N2/c1-35-21-25-40(26-22-35)56(50-20-12-16-38-15-8-9-17-42(38)50)41-27-28-45-48(33-41)55(3,4)49-34-53(43-18-10-11-19-44(43)54(45)49)57-51-29-23-36(2)31-46(51)47-32-39(24-30-52(47)57)37-13-6-5-7-14-37/h6,8-11,13-15,17-30,32-34,36H,5,7,12,16,31H2,1-4H3. The van der Waals surface area contributed by atoms with E-state index in [-0.39, 0.29) is 5.41 Å². The van der Waals surface area contributed by atoms with E-state index in [1.54, 1.807) is 0 Å². The summed E-state index contributed by atoms with van der Waals surface area (Å²) in [6, 6.07) is 44.1. The lowest BCUT2D eigenvalue weighted by atomic mass is 9.81. The molecule has 0 fully saturated rings. The molecule has 1 atom stereocenters. The van der Waals surface area contributed by atoms with Crippen molar-refractivity contribution >= 4 is 50.4 Å². The number of hydrogen-bond acceptors (Lipinski definition) is 1. The summed E-state index contributed by atoms with van der Waals surface area (Å²) in [7, 11) is 0. The third-order valence-corrected chi connectivity index (χ3v) is 13.3. The molecule has 0 spiro atoms. The lowest BCUT2D eigenvalue weighted by Crippen LogP contribution is -2.20. The van der Waals surface area contributed by atoms with Crippen LogP contribution in [0, 0.1) is 12.8 Å². The Morgan fingerprint density at radius 2 is 1.49 bits per heavy atom. The number of nitrogens with zero attached hydrogens (tertiary/aromatic N) is 2. The van der Waals surface area contributed by atoms with Crippen LogP contribution >= 0.6 is 0 Å². The van der Waals surface area contributed by atoms with E-state index in [9.17, 15) is 0 Å². The number of anilines is 2. The van der Waals surface area contributed by atoms with Gasteiger partial charge in [-0.25, -0.2) is 0 Å². The molecule has 0 aliphatic heterocycles. The summed E-state index contributed by atoms with van der Waals surface area (Å²) in [6.07, 6.45) is 19.7. The summed E-state index contributed by atoms with van der Waals surface area (Å²) < 4.78 is 2.58. The van der Waals surface area contributed by atoms with Crippen molar-refractivity contribution in [3.8, 4) is 16.8 Å². The van der Waals surface area contributed by atoms with E-state index in [1.807, 2.05) is 0 Å². The van der Waals surface area contributed by atoms with E-state index in [0.717, 1.165) is 32.1 Å². The van der Waals surface area contributed by atoms with Crippen molar-refractivity contribution in [1.29, 1.82) is 0 Å². The Morgan fingerprint density at radius 1 is 0.684 bits per heavy atom. The number of hydrogen-bond donors (Lipinski definition) is 0. The number of aryl methyl sites for hydroxylation is 2. The molecule has 1 heterocycles. The van der Waals surface area contributed by atoms with E-state index >= 15 is 0 Å². The SMILES string of the molecule is Cc1ccc(N(C2=CCCc3ccccc32)c2ccc3c(c2)C(C)(C)c2cc(-n4c5c(c6cc(C7=CCCC=C7)ccc64)CC(C)C=C5)c4ccccc4c2-3)cc1. The van der Waals surface area contributed by atoms with Gasteiger partial charge in [0.05, 0.1) is 11.2 Å².